The highest BCUT2D eigenvalue weighted by Gasteiger charge is 2.14. The lowest BCUT2D eigenvalue weighted by Gasteiger charge is -2.05. The van der Waals surface area contributed by atoms with Gasteiger partial charge in [-0.2, -0.15) is 10.2 Å². The zero-order valence-electron chi connectivity index (χ0n) is 9.62. The lowest BCUT2D eigenvalue weighted by molar-refractivity contribution is 0.631. The van der Waals surface area contributed by atoms with Crippen molar-refractivity contribution in [3.05, 3.63) is 41.9 Å². The minimum Gasteiger partial charge on any atom is -0.266 e. The molecule has 8 heteroatoms. The second kappa shape index (κ2) is 5.14. The first kappa shape index (κ1) is 13.8. The van der Waals surface area contributed by atoms with Gasteiger partial charge < -0.3 is 0 Å². The molecule has 0 spiro atoms. The Balaban J connectivity index is 2.47. The van der Waals surface area contributed by atoms with Gasteiger partial charge in [0.25, 0.3) is 5.56 Å². The lowest BCUT2D eigenvalue weighted by atomic mass is 10.2. The van der Waals surface area contributed by atoms with Gasteiger partial charge in [0.2, 0.25) is 0 Å². The number of halogens is 3. The third-order valence-electron chi connectivity index (χ3n) is 2.52. The summed E-state index contributed by atoms with van der Waals surface area (Å²) in [5, 5.41) is 8.77. The van der Waals surface area contributed by atoms with Crippen LogP contribution < -0.4 is 5.56 Å². The van der Waals surface area contributed by atoms with Gasteiger partial charge in [-0.1, -0.05) is 11.6 Å². The smallest absolute Gasteiger partial charge is 0.266 e. The Morgan fingerprint density at radius 1 is 1.44 bits per heavy atom. The van der Waals surface area contributed by atoms with Gasteiger partial charge in [0.1, 0.15) is 9.63 Å². The highest BCUT2D eigenvalue weighted by molar-refractivity contribution is 9.13. The summed E-state index contributed by atoms with van der Waals surface area (Å²) in [5.41, 5.74) is 1.36. The van der Waals surface area contributed by atoms with Crippen molar-refractivity contribution in [1.29, 1.82) is 0 Å². The van der Waals surface area contributed by atoms with Crippen molar-refractivity contribution < 1.29 is 0 Å². The van der Waals surface area contributed by atoms with Gasteiger partial charge in [-0.25, -0.2) is 4.68 Å². The second-order valence-electron chi connectivity index (χ2n) is 3.75. The number of aryl methyl sites for hydroxylation is 2. The number of hydrogen-bond donors (Lipinski definition) is 0. The van der Waals surface area contributed by atoms with E-state index in [0.29, 0.717) is 20.6 Å². The Hall–Kier alpha value is -0.660. The molecule has 2 heterocycles. The molecule has 5 nitrogen and oxygen atoms in total. The molecular weight excluding hydrogens is 387 g/mol. The fraction of sp³-hybridized carbons (Fsp3) is 0.300. The fourth-order valence-electron chi connectivity index (χ4n) is 1.56. The highest BCUT2D eigenvalue weighted by Crippen LogP contribution is 2.20. The molecule has 0 fully saturated rings. The van der Waals surface area contributed by atoms with Crippen LogP contribution in [0.15, 0.2) is 19.9 Å². The molecule has 2 aromatic rings. The molecule has 18 heavy (non-hydrogen) atoms. The molecule has 0 N–H and O–H groups in total. The van der Waals surface area contributed by atoms with E-state index in [0.717, 1.165) is 11.3 Å². The van der Waals surface area contributed by atoms with Crippen LogP contribution in [0, 0.1) is 6.92 Å². The van der Waals surface area contributed by atoms with Gasteiger partial charge in [-0.15, -0.1) is 0 Å². The first-order valence-corrected chi connectivity index (χ1v) is 6.97. The molecule has 2 rings (SSSR count). The van der Waals surface area contributed by atoms with Crippen LogP contribution in [0.5, 0.6) is 0 Å². The summed E-state index contributed by atoms with van der Waals surface area (Å²) >= 11 is 12.6. The number of hydrogen-bond acceptors (Lipinski definition) is 3. The van der Waals surface area contributed by atoms with Gasteiger partial charge >= 0.3 is 0 Å². The molecule has 0 radical (unpaired) electrons. The van der Waals surface area contributed by atoms with Gasteiger partial charge in [-0.05, 0) is 38.8 Å². The third kappa shape index (κ3) is 2.39. The minimum absolute atomic E-state index is 0.219. The molecule has 0 saturated heterocycles. The van der Waals surface area contributed by atoms with E-state index in [2.05, 4.69) is 42.1 Å². The maximum absolute atomic E-state index is 12.0. The summed E-state index contributed by atoms with van der Waals surface area (Å²) < 4.78 is 3.98. The van der Waals surface area contributed by atoms with Crippen molar-refractivity contribution in [2.45, 2.75) is 13.5 Å². The predicted octanol–water partition coefficient (Wildman–Crippen LogP) is 2.51. The monoisotopic (exact) mass is 394 g/mol. The van der Waals surface area contributed by atoms with E-state index in [9.17, 15) is 4.79 Å². The number of rotatable bonds is 2. The van der Waals surface area contributed by atoms with Crippen LogP contribution in [0.2, 0.25) is 5.15 Å². The summed E-state index contributed by atoms with van der Waals surface area (Å²) in [4.78, 5) is 12.0. The van der Waals surface area contributed by atoms with Crippen molar-refractivity contribution in [3.63, 3.8) is 0 Å². The molecule has 0 saturated carbocycles. The van der Waals surface area contributed by atoms with Crippen LogP contribution in [-0.2, 0) is 13.6 Å². The summed E-state index contributed by atoms with van der Waals surface area (Å²) in [5.74, 6) is 0. The summed E-state index contributed by atoms with van der Waals surface area (Å²) in [7, 11) is 1.76. The average Bonchev–Trinajstić information content (AvgIpc) is 2.56. The SMILES string of the molecule is Cc1nn(C)c(Cl)c1Cn1ncc(Br)c(Br)c1=O. The Kier molecular flexibility index (Phi) is 3.93. The lowest BCUT2D eigenvalue weighted by Crippen LogP contribution is -2.24. The van der Waals surface area contributed by atoms with Crippen LogP contribution in [-0.4, -0.2) is 19.6 Å². The third-order valence-corrected chi connectivity index (χ3v) is 4.89. The summed E-state index contributed by atoms with van der Waals surface area (Å²) in [6.45, 7) is 2.14. The van der Waals surface area contributed by atoms with Gasteiger partial charge in [0.15, 0.2) is 0 Å². The van der Waals surface area contributed by atoms with Crippen LogP contribution in [0.25, 0.3) is 0 Å². The maximum atomic E-state index is 12.0. The van der Waals surface area contributed by atoms with Crippen LogP contribution in [0.4, 0.5) is 0 Å². The summed E-state index contributed by atoms with van der Waals surface area (Å²) in [6, 6.07) is 0. The molecule has 0 aliphatic carbocycles. The van der Waals surface area contributed by atoms with E-state index < -0.39 is 0 Å². The molecule has 0 bridgehead atoms. The standard InChI is InChI=1S/C10H9Br2ClN4O/c1-5-6(9(13)16(2)15-5)4-17-10(18)8(12)7(11)3-14-17/h3H,4H2,1-2H3. The predicted molar refractivity (Wildman–Crippen MR) is 76.0 cm³/mol. The zero-order valence-corrected chi connectivity index (χ0v) is 13.5. The number of nitrogens with zero attached hydrogens (tertiary/aromatic N) is 4. The molecular formula is C10H9Br2ClN4O. The van der Waals surface area contributed by atoms with E-state index in [-0.39, 0.29) is 5.56 Å². The van der Waals surface area contributed by atoms with Crippen molar-refractivity contribution >= 4 is 43.5 Å². The zero-order chi connectivity index (χ0) is 13.4. The maximum Gasteiger partial charge on any atom is 0.282 e. The quantitative estimate of drug-likeness (QED) is 0.784. The summed E-state index contributed by atoms with van der Waals surface area (Å²) in [6.07, 6.45) is 1.56. The highest BCUT2D eigenvalue weighted by atomic mass is 79.9. The van der Waals surface area contributed by atoms with E-state index in [1.165, 1.54) is 4.68 Å². The molecule has 0 aromatic carbocycles. The van der Waals surface area contributed by atoms with E-state index in [4.69, 9.17) is 11.6 Å². The normalized spacial score (nSPS) is 10.9. The molecule has 2 aromatic heterocycles. The average molecular weight is 396 g/mol. The minimum atomic E-state index is -0.219. The Bertz CT molecular complexity index is 665. The second-order valence-corrected chi connectivity index (χ2v) is 5.75. The Morgan fingerprint density at radius 2 is 2.11 bits per heavy atom. The van der Waals surface area contributed by atoms with Crippen LogP contribution >= 0.6 is 43.5 Å². The topological polar surface area (TPSA) is 52.7 Å². The Morgan fingerprint density at radius 3 is 2.67 bits per heavy atom. The molecule has 0 aliphatic heterocycles. The van der Waals surface area contributed by atoms with E-state index in [1.54, 1.807) is 17.9 Å². The van der Waals surface area contributed by atoms with Crippen molar-refractivity contribution in [1.82, 2.24) is 19.6 Å². The largest absolute Gasteiger partial charge is 0.282 e. The van der Waals surface area contributed by atoms with Crippen molar-refractivity contribution in [2.24, 2.45) is 7.05 Å². The van der Waals surface area contributed by atoms with Gasteiger partial charge in [0.05, 0.1) is 22.9 Å². The van der Waals surface area contributed by atoms with E-state index in [1.807, 2.05) is 6.92 Å². The molecule has 0 aliphatic rings. The van der Waals surface area contributed by atoms with E-state index >= 15 is 0 Å². The number of aromatic nitrogens is 4. The molecule has 0 atom stereocenters. The van der Waals surface area contributed by atoms with Gasteiger partial charge in [-0.3, -0.25) is 9.48 Å². The molecule has 0 unspecified atom stereocenters. The first-order valence-electron chi connectivity index (χ1n) is 5.01. The molecule has 96 valence electrons. The van der Waals surface area contributed by atoms with Crippen LogP contribution in [0.3, 0.4) is 0 Å². The van der Waals surface area contributed by atoms with Crippen molar-refractivity contribution in [3.8, 4) is 0 Å². The molecule has 0 amide bonds. The Labute approximate surface area is 125 Å². The van der Waals surface area contributed by atoms with Gasteiger partial charge in [0, 0.05) is 12.6 Å². The fourth-order valence-corrected chi connectivity index (χ4v) is 2.36. The van der Waals surface area contributed by atoms with Crippen LogP contribution in [0.1, 0.15) is 11.3 Å². The first-order chi connectivity index (χ1) is 8.41. The van der Waals surface area contributed by atoms with Crippen molar-refractivity contribution in [2.75, 3.05) is 0 Å².